The number of hydrogen-bond acceptors (Lipinski definition) is 4. The highest BCUT2D eigenvalue weighted by atomic mass is 16.3. The second kappa shape index (κ2) is 13.0. The third-order valence-electron chi connectivity index (χ3n) is 10.7. The minimum absolute atomic E-state index is 0.609. The van der Waals surface area contributed by atoms with Gasteiger partial charge in [0.05, 0.1) is 11.0 Å². The Morgan fingerprint density at radius 2 is 0.804 bits per heavy atom. The maximum atomic E-state index is 6.39. The van der Waals surface area contributed by atoms with Gasteiger partial charge in [-0.2, -0.15) is 0 Å². The SMILES string of the molecule is c1ccc(-c2ccc(-c3nc(-c4ccccc4)nc(-c4ccc5c6cc(-c7ccccc7)ccc6n(-c6ccc7c(c6)oc6ccccc67)c5c4)n3)cc2)cc1. The van der Waals surface area contributed by atoms with Gasteiger partial charge >= 0.3 is 0 Å². The summed E-state index contributed by atoms with van der Waals surface area (Å²) >= 11 is 0. The van der Waals surface area contributed by atoms with Gasteiger partial charge in [0, 0.05) is 50.0 Å². The molecule has 0 fully saturated rings. The summed E-state index contributed by atoms with van der Waals surface area (Å²) in [5.74, 6) is 1.86. The molecule has 0 atom stereocenters. The third kappa shape index (κ3) is 5.45. The molecule has 5 heteroatoms. The second-order valence-electron chi connectivity index (χ2n) is 14.1. The molecule has 0 aliphatic rings. The topological polar surface area (TPSA) is 56.7 Å². The Morgan fingerprint density at radius 1 is 0.304 bits per heavy atom. The molecule has 0 aliphatic heterocycles. The van der Waals surface area contributed by atoms with Crippen LogP contribution in [0.15, 0.2) is 199 Å². The van der Waals surface area contributed by atoms with Crippen molar-refractivity contribution in [3.8, 4) is 62.1 Å². The number of rotatable bonds is 6. The molecule has 0 spiro atoms. The smallest absolute Gasteiger partial charge is 0.164 e. The Kier molecular flexibility index (Phi) is 7.42. The molecule has 5 nitrogen and oxygen atoms in total. The minimum Gasteiger partial charge on any atom is -0.456 e. The average Bonchev–Trinajstić information content (AvgIpc) is 3.81. The first-order chi connectivity index (χ1) is 27.7. The van der Waals surface area contributed by atoms with Gasteiger partial charge in [-0.25, -0.2) is 15.0 Å². The number of nitrogens with zero attached hydrogens (tertiary/aromatic N) is 4. The predicted octanol–water partition coefficient (Wildman–Crippen LogP) is 13.2. The highest BCUT2D eigenvalue weighted by molar-refractivity contribution is 6.12. The van der Waals surface area contributed by atoms with Crippen LogP contribution >= 0.6 is 0 Å². The lowest BCUT2D eigenvalue weighted by Gasteiger charge is -2.11. The summed E-state index contributed by atoms with van der Waals surface area (Å²) in [6, 6.07) is 67.5. The second-order valence-corrected chi connectivity index (χ2v) is 14.1. The quantitative estimate of drug-likeness (QED) is 0.172. The van der Waals surface area contributed by atoms with Crippen molar-refractivity contribution in [3.05, 3.63) is 194 Å². The van der Waals surface area contributed by atoms with Gasteiger partial charge in [-0.1, -0.05) is 152 Å². The predicted molar refractivity (Wildman–Crippen MR) is 229 cm³/mol. The molecule has 0 unspecified atom stereocenters. The molecule has 0 amide bonds. The summed E-state index contributed by atoms with van der Waals surface area (Å²) in [4.78, 5) is 15.2. The normalized spacial score (nSPS) is 11.6. The van der Waals surface area contributed by atoms with Crippen LogP contribution in [0.25, 0.3) is 106 Å². The monoisotopic (exact) mass is 716 g/mol. The summed E-state index contributed by atoms with van der Waals surface area (Å²) < 4.78 is 8.72. The van der Waals surface area contributed by atoms with Crippen LogP contribution in [0.2, 0.25) is 0 Å². The first-order valence-electron chi connectivity index (χ1n) is 18.8. The van der Waals surface area contributed by atoms with E-state index in [2.05, 4.69) is 150 Å². The van der Waals surface area contributed by atoms with Crippen LogP contribution in [0.4, 0.5) is 0 Å². The fourth-order valence-corrected chi connectivity index (χ4v) is 7.89. The molecule has 0 N–H and O–H groups in total. The van der Waals surface area contributed by atoms with Gasteiger partial charge in [-0.15, -0.1) is 0 Å². The first kappa shape index (κ1) is 31.9. The van der Waals surface area contributed by atoms with Crippen molar-refractivity contribution < 1.29 is 4.42 Å². The summed E-state index contributed by atoms with van der Waals surface area (Å²) in [5.41, 5.74) is 12.3. The first-order valence-corrected chi connectivity index (χ1v) is 18.8. The molecule has 0 saturated heterocycles. The van der Waals surface area contributed by atoms with Crippen molar-refractivity contribution in [2.45, 2.75) is 0 Å². The molecular weight excluding hydrogens is 685 g/mol. The summed E-state index contributed by atoms with van der Waals surface area (Å²) in [6.45, 7) is 0. The van der Waals surface area contributed by atoms with E-state index in [4.69, 9.17) is 19.4 Å². The Bertz CT molecular complexity index is 3220. The fourth-order valence-electron chi connectivity index (χ4n) is 7.89. The van der Waals surface area contributed by atoms with Gasteiger partial charge in [0.2, 0.25) is 0 Å². The number of aromatic nitrogens is 4. The molecule has 3 aromatic heterocycles. The standard InChI is InChI=1S/C51H32N4O/c1-4-12-33(13-5-1)35-20-22-37(23-21-35)50-52-49(36-16-8-3-9-17-36)53-51(54-50)39-24-27-41-44-30-38(34-14-6-2-7-15-34)25-29-45(44)55(46(41)31-39)40-26-28-43-42-18-10-11-19-47(42)56-48(43)32-40/h1-32H. The Hall–Kier alpha value is -7.63. The van der Waals surface area contributed by atoms with Gasteiger partial charge in [-0.3, -0.25) is 0 Å². The molecular formula is C51H32N4O. The van der Waals surface area contributed by atoms with Crippen LogP contribution in [0, 0.1) is 0 Å². The molecule has 0 saturated carbocycles. The van der Waals surface area contributed by atoms with E-state index in [1.807, 2.05) is 48.5 Å². The van der Waals surface area contributed by atoms with E-state index >= 15 is 0 Å². The van der Waals surface area contributed by atoms with Crippen LogP contribution in [-0.2, 0) is 0 Å². The van der Waals surface area contributed by atoms with E-state index in [0.29, 0.717) is 17.5 Å². The van der Waals surface area contributed by atoms with Crippen molar-refractivity contribution >= 4 is 43.7 Å². The van der Waals surface area contributed by atoms with E-state index in [1.54, 1.807) is 0 Å². The largest absolute Gasteiger partial charge is 0.456 e. The Morgan fingerprint density at radius 3 is 1.52 bits per heavy atom. The van der Waals surface area contributed by atoms with Gasteiger partial charge in [0.1, 0.15) is 11.2 Å². The molecule has 8 aromatic carbocycles. The van der Waals surface area contributed by atoms with Crippen LogP contribution in [0.3, 0.4) is 0 Å². The maximum Gasteiger partial charge on any atom is 0.164 e. The Balaban J connectivity index is 1.11. The lowest BCUT2D eigenvalue weighted by molar-refractivity contribution is 0.668. The van der Waals surface area contributed by atoms with Crippen LogP contribution < -0.4 is 0 Å². The van der Waals surface area contributed by atoms with Crippen molar-refractivity contribution in [2.24, 2.45) is 0 Å². The lowest BCUT2D eigenvalue weighted by atomic mass is 10.0. The molecule has 262 valence electrons. The third-order valence-corrected chi connectivity index (χ3v) is 10.7. The van der Waals surface area contributed by atoms with Crippen molar-refractivity contribution in [1.82, 2.24) is 19.5 Å². The number of fused-ring (bicyclic) bond motifs is 6. The molecule has 11 rings (SSSR count). The fraction of sp³-hybridized carbons (Fsp3) is 0. The Labute approximate surface area is 322 Å². The van der Waals surface area contributed by atoms with Gasteiger partial charge in [0.15, 0.2) is 17.5 Å². The zero-order chi connectivity index (χ0) is 37.0. The molecule has 0 radical (unpaired) electrons. The highest BCUT2D eigenvalue weighted by Gasteiger charge is 2.19. The van der Waals surface area contributed by atoms with E-state index in [0.717, 1.165) is 71.7 Å². The van der Waals surface area contributed by atoms with Gasteiger partial charge in [-0.05, 0) is 58.7 Å². The number of benzene rings is 8. The highest BCUT2D eigenvalue weighted by Crippen LogP contribution is 2.39. The van der Waals surface area contributed by atoms with E-state index in [1.165, 1.54) is 16.7 Å². The van der Waals surface area contributed by atoms with Gasteiger partial charge < -0.3 is 8.98 Å². The van der Waals surface area contributed by atoms with E-state index < -0.39 is 0 Å². The van der Waals surface area contributed by atoms with Crippen molar-refractivity contribution in [2.75, 3.05) is 0 Å². The maximum absolute atomic E-state index is 6.39. The van der Waals surface area contributed by atoms with Crippen LogP contribution in [0.5, 0.6) is 0 Å². The molecule has 0 bridgehead atoms. The molecule has 11 aromatic rings. The summed E-state index contributed by atoms with van der Waals surface area (Å²) in [6.07, 6.45) is 0. The average molecular weight is 717 g/mol. The number of furan rings is 1. The van der Waals surface area contributed by atoms with Crippen molar-refractivity contribution in [3.63, 3.8) is 0 Å². The minimum atomic E-state index is 0.609. The van der Waals surface area contributed by atoms with Crippen LogP contribution in [-0.4, -0.2) is 19.5 Å². The summed E-state index contributed by atoms with van der Waals surface area (Å²) in [5, 5.41) is 4.51. The number of hydrogen-bond donors (Lipinski definition) is 0. The van der Waals surface area contributed by atoms with E-state index in [-0.39, 0.29) is 0 Å². The molecule has 56 heavy (non-hydrogen) atoms. The lowest BCUT2D eigenvalue weighted by Crippen LogP contribution is -2.00. The summed E-state index contributed by atoms with van der Waals surface area (Å²) in [7, 11) is 0. The van der Waals surface area contributed by atoms with Crippen molar-refractivity contribution in [1.29, 1.82) is 0 Å². The molecule has 0 aliphatic carbocycles. The van der Waals surface area contributed by atoms with E-state index in [9.17, 15) is 0 Å². The molecule has 3 heterocycles. The zero-order valence-corrected chi connectivity index (χ0v) is 30.2. The zero-order valence-electron chi connectivity index (χ0n) is 30.2. The van der Waals surface area contributed by atoms with Gasteiger partial charge in [0.25, 0.3) is 0 Å². The van der Waals surface area contributed by atoms with Crippen LogP contribution in [0.1, 0.15) is 0 Å². The number of para-hydroxylation sites is 1.